The van der Waals surface area contributed by atoms with Crippen LogP contribution in [0.4, 0.5) is 0 Å². The summed E-state index contributed by atoms with van der Waals surface area (Å²) in [5.41, 5.74) is 5.98. The average molecular weight is 751 g/mol. The van der Waals surface area contributed by atoms with E-state index in [2.05, 4.69) is 11.8 Å². The zero-order valence-electron chi connectivity index (χ0n) is 32.9. The topological polar surface area (TPSA) is 166 Å². The molecule has 0 aromatic rings. The summed E-state index contributed by atoms with van der Waals surface area (Å²) in [6.45, 7) is 5.69. The molecule has 2 heterocycles. The number of unbranched alkanes of at least 4 members (excludes halogenated alkanes) is 19. The van der Waals surface area contributed by atoms with Gasteiger partial charge in [0.05, 0.1) is 25.4 Å². The van der Waals surface area contributed by atoms with Crippen LogP contribution < -0.4 is 5.73 Å². The van der Waals surface area contributed by atoms with Gasteiger partial charge in [-0.2, -0.15) is 0 Å². The number of hydrogen-bond donors (Lipinski definition) is 6. The van der Waals surface area contributed by atoms with Gasteiger partial charge in [-0.3, -0.25) is 4.21 Å². The Labute approximate surface area is 315 Å². The van der Waals surface area contributed by atoms with E-state index in [1.807, 2.05) is 6.26 Å². The molecule has 0 amide bonds. The van der Waals surface area contributed by atoms with Crippen molar-refractivity contribution >= 4 is 10.8 Å². The molecule has 0 radical (unpaired) electrons. The third-order valence-corrected chi connectivity index (χ3v) is 11.4. The van der Waals surface area contributed by atoms with E-state index in [0.29, 0.717) is 6.42 Å². The van der Waals surface area contributed by atoms with Crippen molar-refractivity contribution in [2.24, 2.45) is 5.73 Å². The quantitative estimate of drug-likeness (QED) is 0.0484. The molecule has 10 nitrogen and oxygen atoms in total. The van der Waals surface area contributed by atoms with Crippen LogP contribution in [0, 0.1) is 0 Å². The molecule has 2 saturated heterocycles. The van der Waals surface area contributed by atoms with Gasteiger partial charge in [0.2, 0.25) is 0 Å². The van der Waals surface area contributed by atoms with E-state index in [0.717, 1.165) is 25.0 Å². The second kappa shape index (κ2) is 33.2. The summed E-state index contributed by atoms with van der Waals surface area (Å²) in [6.07, 6.45) is 26.5. The first kappa shape index (κ1) is 48.8. The molecule has 2 aliphatic rings. The minimum atomic E-state index is -1.49. The van der Waals surface area contributed by atoms with Crippen LogP contribution in [-0.2, 0) is 20.3 Å². The summed E-state index contributed by atoms with van der Waals surface area (Å²) in [5.74, 6) is 0.899. The maximum Gasteiger partial charge on any atom is 0.186 e. The Morgan fingerprint density at radius 1 is 0.725 bits per heavy atom. The molecule has 11 heteroatoms. The lowest BCUT2D eigenvalue weighted by atomic mass is 9.99. The lowest BCUT2D eigenvalue weighted by molar-refractivity contribution is -0.302. The van der Waals surface area contributed by atoms with Gasteiger partial charge in [0.25, 0.3) is 0 Å². The second-order valence-electron chi connectivity index (χ2n) is 15.3. The number of likely N-dealkylation sites (tertiary alicyclic amines) is 1. The van der Waals surface area contributed by atoms with E-state index in [9.17, 15) is 29.7 Å². The zero-order valence-corrected chi connectivity index (χ0v) is 33.7. The minimum Gasteiger partial charge on any atom is -0.394 e. The first-order valence-corrected chi connectivity index (χ1v) is 22.8. The van der Waals surface area contributed by atoms with Gasteiger partial charge >= 0.3 is 0 Å². The van der Waals surface area contributed by atoms with Crippen molar-refractivity contribution in [2.45, 2.75) is 210 Å². The molecular weight excluding hydrogens is 669 g/mol. The Balaban J connectivity index is 0.000000581. The van der Waals surface area contributed by atoms with E-state index in [1.54, 1.807) is 0 Å². The summed E-state index contributed by atoms with van der Waals surface area (Å²) in [7, 11) is -0.584. The summed E-state index contributed by atoms with van der Waals surface area (Å²) in [6, 6.07) is -0.653. The van der Waals surface area contributed by atoms with Crippen LogP contribution in [0.15, 0.2) is 0 Å². The fraction of sp³-hybridized carbons (Fsp3) is 1.00. The Morgan fingerprint density at radius 3 is 1.73 bits per heavy atom. The zero-order chi connectivity index (χ0) is 37.5. The molecule has 7 N–H and O–H groups in total. The molecule has 2 aliphatic heterocycles. The number of nitrogens with two attached hydrogens (primary N) is 1. The molecule has 2 fully saturated rings. The molecule has 51 heavy (non-hydrogen) atoms. The highest BCUT2D eigenvalue weighted by atomic mass is 32.2. The highest BCUT2D eigenvalue weighted by Gasteiger charge is 2.44. The van der Waals surface area contributed by atoms with Crippen LogP contribution >= 0.6 is 0 Å². The average Bonchev–Trinajstić information content (AvgIpc) is 3.13. The van der Waals surface area contributed by atoms with Crippen molar-refractivity contribution < 1.29 is 39.2 Å². The molecule has 306 valence electrons. The van der Waals surface area contributed by atoms with Crippen LogP contribution in [-0.4, -0.2) is 122 Å². The van der Waals surface area contributed by atoms with E-state index >= 15 is 0 Å². The Kier molecular flexibility index (Phi) is 31.7. The number of aliphatic hydroxyl groups excluding tert-OH is 5. The minimum absolute atomic E-state index is 0.0672. The van der Waals surface area contributed by atoms with Crippen molar-refractivity contribution in [2.75, 3.05) is 44.9 Å². The number of ether oxygens (including phenoxy) is 2. The van der Waals surface area contributed by atoms with Crippen LogP contribution in [0.1, 0.15) is 167 Å². The number of aliphatic hydroxyl groups is 5. The molecule has 0 bridgehead atoms. The summed E-state index contributed by atoms with van der Waals surface area (Å²) >= 11 is 0. The summed E-state index contributed by atoms with van der Waals surface area (Å²) in [4.78, 5) is 2.65. The van der Waals surface area contributed by atoms with Crippen LogP contribution in [0.25, 0.3) is 0 Å². The molecular formula is C40H82N2O8S. The van der Waals surface area contributed by atoms with E-state index in [-0.39, 0.29) is 6.61 Å². The van der Waals surface area contributed by atoms with Crippen LogP contribution in [0.5, 0.6) is 0 Å². The lowest BCUT2D eigenvalue weighted by Gasteiger charge is -2.40. The third-order valence-electron chi connectivity index (χ3n) is 10.5. The van der Waals surface area contributed by atoms with Gasteiger partial charge in [0, 0.05) is 22.8 Å². The molecule has 0 aliphatic carbocycles. The van der Waals surface area contributed by atoms with Crippen molar-refractivity contribution in [1.82, 2.24) is 4.90 Å². The predicted octanol–water partition coefficient (Wildman–Crippen LogP) is 5.94. The second-order valence-corrected chi connectivity index (χ2v) is 16.9. The Bertz CT molecular complexity index is 792. The van der Waals surface area contributed by atoms with Gasteiger partial charge in [-0.05, 0) is 51.7 Å². The third kappa shape index (κ3) is 25.5. The normalized spacial score (nSPS) is 24.5. The SMILES string of the molecule is CCCCCCCCCCCCCCCC(O)C(N)COC1OC(CO)C(O)C(O)C1O.CS(=O)CCCCCCCCCCN1CCCCC1. The standard InChI is InChI=1S/C24H49NO7.C16H33NOS/c1-2-3-4-5-6-7-8-9-10-11-12-13-14-15-19(27)18(25)17-31-24-23(30)22(29)21(28)20(16-26)32-24;1-19(18)16-12-7-5-3-2-4-6-9-13-17-14-10-8-11-15-17/h18-24,26-30H,2-17,25H2,1H3;2-16H2,1H3. The molecule has 0 spiro atoms. The lowest BCUT2D eigenvalue weighted by Crippen LogP contribution is -2.59. The number of hydrogen-bond acceptors (Lipinski definition) is 10. The monoisotopic (exact) mass is 751 g/mol. The number of nitrogens with zero attached hydrogens (tertiary/aromatic N) is 1. The van der Waals surface area contributed by atoms with Gasteiger partial charge in [0.15, 0.2) is 6.29 Å². The van der Waals surface area contributed by atoms with Gasteiger partial charge in [-0.15, -0.1) is 0 Å². The molecule has 8 unspecified atom stereocenters. The molecule has 8 atom stereocenters. The maximum absolute atomic E-state index is 10.9. The van der Waals surface area contributed by atoms with Gasteiger partial charge in [-0.25, -0.2) is 0 Å². The maximum atomic E-state index is 10.9. The van der Waals surface area contributed by atoms with Gasteiger partial charge in [0.1, 0.15) is 24.4 Å². The molecule has 0 aromatic heterocycles. The molecule has 0 aromatic carbocycles. The van der Waals surface area contributed by atoms with Crippen LogP contribution in [0.2, 0.25) is 0 Å². The van der Waals surface area contributed by atoms with Crippen molar-refractivity contribution in [3.8, 4) is 0 Å². The van der Waals surface area contributed by atoms with Gasteiger partial charge in [-0.1, -0.05) is 135 Å². The van der Waals surface area contributed by atoms with Crippen molar-refractivity contribution in [3.63, 3.8) is 0 Å². The smallest absolute Gasteiger partial charge is 0.186 e. The van der Waals surface area contributed by atoms with E-state index in [1.165, 1.54) is 154 Å². The number of rotatable bonds is 30. The number of piperidine rings is 1. The van der Waals surface area contributed by atoms with Crippen molar-refractivity contribution in [3.05, 3.63) is 0 Å². The molecule has 2 rings (SSSR count). The van der Waals surface area contributed by atoms with E-state index in [4.69, 9.17) is 15.2 Å². The largest absolute Gasteiger partial charge is 0.394 e. The summed E-state index contributed by atoms with van der Waals surface area (Å²) in [5, 5.41) is 49.0. The van der Waals surface area contributed by atoms with Crippen LogP contribution in [0.3, 0.4) is 0 Å². The fourth-order valence-electron chi connectivity index (χ4n) is 6.99. The fourth-order valence-corrected chi connectivity index (χ4v) is 7.60. The highest BCUT2D eigenvalue weighted by Crippen LogP contribution is 2.22. The summed E-state index contributed by atoms with van der Waals surface area (Å²) < 4.78 is 21.6. The molecule has 0 saturated carbocycles. The predicted molar refractivity (Wildman–Crippen MR) is 210 cm³/mol. The van der Waals surface area contributed by atoms with Crippen molar-refractivity contribution in [1.29, 1.82) is 0 Å². The van der Waals surface area contributed by atoms with E-state index < -0.39 is 60.3 Å². The Morgan fingerprint density at radius 2 is 1.22 bits per heavy atom. The Hall–Kier alpha value is -0.210. The first-order chi connectivity index (χ1) is 24.7. The van der Waals surface area contributed by atoms with Gasteiger partial charge < -0.3 is 45.6 Å². The highest BCUT2D eigenvalue weighted by molar-refractivity contribution is 7.84. The first-order valence-electron chi connectivity index (χ1n) is 21.1.